The van der Waals surface area contributed by atoms with Crippen LogP contribution in [0, 0.1) is 35.0 Å². The highest BCUT2D eigenvalue weighted by molar-refractivity contribution is 5.39. The van der Waals surface area contributed by atoms with E-state index in [4.69, 9.17) is 14.2 Å². The quantitative estimate of drug-likeness (QED) is 0.597. The van der Waals surface area contributed by atoms with E-state index in [0.717, 1.165) is 32.4 Å². The van der Waals surface area contributed by atoms with Crippen molar-refractivity contribution in [2.24, 2.45) is 35.0 Å². The molecule has 0 unspecified atom stereocenters. The zero-order valence-electron chi connectivity index (χ0n) is 18.5. The van der Waals surface area contributed by atoms with Gasteiger partial charge < -0.3 is 29.5 Å². The predicted molar refractivity (Wildman–Crippen MR) is 108 cm³/mol. The molecule has 0 aromatic carbocycles. The van der Waals surface area contributed by atoms with Crippen molar-refractivity contribution < 1.29 is 29.5 Å². The molecule has 1 heterocycles. The van der Waals surface area contributed by atoms with E-state index < -0.39 is 17.3 Å². The molecule has 0 amide bonds. The summed E-state index contributed by atoms with van der Waals surface area (Å²) in [4.78, 5) is 2.35. The van der Waals surface area contributed by atoms with Gasteiger partial charge in [-0.05, 0) is 37.6 Å². The molecule has 7 heteroatoms. The Hall–Kier alpha value is -0.280. The molecule has 30 heavy (non-hydrogen) atoms. The summed E-state index contributed by atoms with van der Waals surface area (Å²) in [5.74, 6) is 0.377. The molecule has 7 nitrogen and oxygen atoms in total. The van der Waals surface area contributed by atoms with Gasteiger partial charge in [0.05, 0.1) is 30.5 Å². The number of hydrogen-bond acceptors (Lipinski definition) is 7. The van der Waals surface area contributed by atoms with Crippen molar-refractivity contribution in [1.29, 1.82) is 0 Å². The van der Waals surface area contributed by atoms with Crippen molar-refractivity contribution in [2.75, 3.05) is 34.4 Å². The van der Waals surface area contributed by atoms with Crippen molar-refractivity contribution in [3.05, 3.63) is 0 Å². The highest BCUT2D eigenvalue weighted by Crippen LogP contribution is 2.78. The zero-order valence-corrected chi connectivity index (χ0v) is 18.5. The molecular formula is C23H37NO6. The molecule has 3 N–H and O–H groups in total. The fourth-order valence-corrected chi connectivity index (χ4v) is 10.3. The predicted octanol–water partition coefficient (Wildman–Crippen LogP) is 0.254. The molecular weight excluding hydrogens is 386 g/mol. The smallest absolute Gasteiger partial charge is 0.136 e. The summed E-state index contributed by atoms with van der Waals surface area (Å²) in [6.45, 7) is 3.79. The number of hydrogen-bond donors (Lipinski definition) is 3. The van der Waals surface area contributed by atoms with Crippen LogP contribution in [0.15, 0.2) is 0 Å². The summed E-state index contributed by atoms with van der Waals surface area (Å²) < 4.78 is 18.0. The molecule has 1 spiro atoms. The largest absolute Gasteiger partial charge is 0.390 e. The Morgan fingerprint density at radius 1 is 1.03 bits per heavy atom. The maximum absolute atomic E-state index is 12.5. The Bertz CT molecular complexity index is 736. The molecule has 0 radical (unpaired) electrons. The second-order valence-corrected chi connectivity index (χ2v) is 11.0. The molecule has 13 atom stereocenters. The van der Waals surface area contributed by atoms with Crippen LogP contribution < -0.4 is 0 Å². The first kappa shape index (κ1) is 20.3. The van der Waals surface area contributed by atoms with Gasteiger partial charge in [0.25, 0.3) is 0 Å². The molecule has 6 rings (SSSR count). The molecule has 170 valence electrons. The maximum atomic E-state index is 12.5. The van der Waals surface area contributed by atoms with Crippen LogP contribution in [0.4, 0.5) is 0 Å². The minimum absolute atomic E-state index is 0.0332. The molecule has 5 aliphatic carbocycles. The number of aliphatic hydroxyl groups is 3. The van der Waals surface area contributed by atoms with Crippen LogP contribution >= 0.6 is 0 Å². The van der Waals surface area contributed by atoms with E-state index in [9.17, 15) is 15.3 Å². The standard InChI is InChI=1S/C23H37NO6/c1-5-24-10-11-6-7-15(29-3)22-13-8-12-14(28-2)9-21(26,17(13)18(12)30-4)23(27,20(22)24)19(25)16(11)22/h11-20,25-27H,5-10H2,1-4H3/t11-,12+,13+,14-,15-,16-,17+,18-,19-,20-,21+,22-,23-/m0/s1. The van der Waals surface area contributed by atoms with E-state index in [1.165, 1.54) is 0 Å². The second kappa shape index (κ2) is 6.19. The van der Waals surface area contributed by atoms with Gasteiger partial charge in [-0.1, -0.05) is 6.92 Å². The Balaban J connectivity index is 1.65. The number of aliphatic hydroxyl groups excluding tert-OH is 1. The lowest BCUT2D eigenvalue weighted by Crippen LogP contribution is -2.81. The topological polar surface area (TPSA) is 91.6 Å². The van der Waals surface area contributed by atoms with Crippen LogP contribution in [0.1, 0.15) is 32.6 Å². The van der Waals surface area contributed by atoms with Gasteiger partial charge in [0.1, 0.15) is 11.2 Å². The van der Waals surface area contributed by atoms with E-state index in [-0.39, 0.29) is 53.4 Å². The van der Waals surface area contributed by atoms with Crippen LogP contribution in [0.25, 0.3) is 0 Å². The second-order valence-electron chi connectivity index (χ2n) is 11.0. The number of likely N-dealkylation sites (tertiary alicyclic amines) is 1. The molecule has 0 aromatic rings. The molecule has 5 saturated carbocycles. The first-order valence-corrected chi connectivity index (χ1v) is 11.8. The van der Waals surface area contributed by atoms with E-state index in [1.807, 2.05) is 0 Å². The SMILES string of the molecule is CCN1C[C@@H]2CC[C@H](OC)[C@@]34[C@@H]2[C@H](O)[C@](O)([C@@H]13)[C@@]1(O)C[C@H](OC)[C@H]2C[C@@H]4[C@@H]1[C@H]2OC. The average molecular weight is 424 g/mol. The van der Waals surface area contributed by atoms with Gasteiger partial charge in [0.15, 0.2) is 0 Å². The van der Waals surface area contributed by atoms with E-state index in [2.05, 4.69) is 11.8 Å². The number of methoxy groups -OCH3 is 3. The van der Waals surface area contributed by atoms with Gasteiger partial charge in [-0.3, -0.25) is 4.90 Å². The first-order valence-electron chi connectivity index (χ1n) is 11.8. The Kier molecular flexibility index (Phi) is 4.19. The third-order valence-corrected chi connectivity index (χ3v) is 10.8. The Morgan fingerprint density at radius 2 is 1.80 bits per heavy atom. The van der Waals surface area contributed by atoms with Crippen molar-refractivity contribution in [3.8, 4) is 0 Å². The average Bonchev–Trinajstić information content (AvgIpc) is 3.14. The third-order valence-electron chi connectivity index (χ3n) is 10.8. The van der Waals surface area contributed by atoms with E-state index in [0.29, 0.717) is 12.3 Å². The molecule has 6 fully saturated rings. The zero-order chi connectivity index (χ0) is 21.2. The number of rotatable bonds is 4. The van der Waals surface area contributed by atoms with Gasteiger partial charge in [-0.25, -0.2) is 0 Å². The van der Waals surface area contributed by atoms with Gasteiger partial charge in [-0.2, -0.15) is 0 Å². The van der Waals surface area contributed by atoms with Gasteiger partial charge in [0, 0.05) is 57.5 Å². The van der Waals surface area contributed by atoms with Crippen LogP contribution in [0.5, 0.6) is 0 Å². The Morgan fingerprint density at radius 3 is 2.43 bits per heavy atom. The highest BCUT2D eigenvalue weighted by Gasteiger charge is 2.89. The summed E-state index contributed by atoms with van der Waals surface area (Å²) in [7, 11) is 5.18. The molecule has 1 saturated heterocycles. The fourth-order valence-electron chi connectivity index (χ4n) is 10.3. The molecule has 1 aliphatic heterocycles. The lowest BCUT2D eigenvalue weighted by atomic mass is 9.45. The highest BCUT2D eigenvalue weighted by atomic mass is 16.5. The maximum Gasteiger partial charge on any atom is 0.136 e. The van der Waals surface area contributed by atoms with Crippen LogP contribution in [-0.2, 0) is 14.2 Å². The number of nitrogens with zero attached hydrogens (tertiary/aromatic N) is 1. The number of fused-ring (bicyclic) bond motifs is 2. The van der Waals surface area contributed by atoms with Crippen molar-refractivity contribution in [1.82, 2.24) is 4.90 Å². The van der Waals surface area contributed by atoms with Crippen molar-refractivity contribution >= 4 is 0 Å². The molecule has 7 bridgehead atoms. The summed E-state index contributed by atoms with van der Waals surface area (Å²) in [5, 5.41) is 36.8. The fraction of sp³-hybridized carbons (Fsp3) is 1.00. The van der Waals surface area contributed by atoms with E-state index in [1.54, 1.807) is 21.3 Å². The van der Waals surface area contributed by atoms with E-state index >= 15 is 0 Å². The van der Waals surface area contributed by atoms with Gasteiger partial charge in [0.2, 0.25) is 0 Å². The van der Waals surface area contributed by atoms with Crippen LogP contribution in [0.3, 0.4) is 0 Å². The lowest BCUT2D eigenvalue weighted by Gasteiger charge is -2.68. The number of ether oxygens (including phenoxy) is 3. The molecule has 6 aliphatic rings. The normalized spacial score (nSPS) is 63.3. The van der Waals surface area contributed by atoms with Crippen LogP contribution in [0.2, 0.25) is 0 Å². The number of piperidine rings is 1. The third kappa shape index (κ3) is 1.80. The summed E-state index contributed by atoms with van der Waals surface area (Å²) in [5.41, 5.74) is -3.43. The minimum Gasteiger partial charge on any atom is -0.390 e. The lowest BCUT2D eigenvalue weighted by molar-refractivity contribution is -0.314. The Labute approximate surface area is 178 Å². The monoisotopic (exact) mass is 423 g/mol. The summed E-state index contributed by atoms with van der Waals surface area (Å²) in [6, 6.07) is -0.311. The van der Waals surface area contributed by atoms with Crippen molar-refractivity contribution in [2.45, 2.75) is 74.3 Å². The van der Waals surface area contributed by atoms with Crippen molar-refractivity contribution in [3.63, 3.8) is 0 Å². The summed E-state index contributed by atoms with van der Waals surface area (Å²) in [6.07, 6.45) is 1.82. The van der Waals surface area contributed by atoms with Gasteiger partial charge >= 0.3 is 0 Å². The minimum atomic E-state index is -1.62. The van der Waals surface area contributed by atoms with Gasteiger partial charge in [-0.15, -0.1) is 0 Å². The van der Waals surface area contributed by atoms with Crippen LogP contribution in [-0.4, -0.2) is 96.3 Å². The molecule has 0 aromatic heterocycles. The summed E-state index contributed by atoms with van der Waals surface area (Å²) >= 11 is 0. The first-order chi connectivity index (χ1) is 14.4. The number of likely N-dealkylation sites (N-methyl/N-ethyl adjacent to an activating group) is 1.